The van der Waals surface area contributed by atoms with Crippen LogP contribution in [0.25, 0.3) is 11.0 Å². The van der Waals surface area contributed by atoms with Crippen molar-refractivity contribution in [2.24, 2.45) is 0 Å². The second kappa shape index (κ2) is 7.50. The van der Waals surface area contributed by atoms with E-state index in [-0.39, 0.29) is 17.1 Å². The van der Waals surface area contributed by atoms with Crippen molar-refractivity contribution in [3.8, 4) is 6.01 Å². The summed E-state index contributed by atoms with van der Waals surface area (Å²) in [5, 5.41) is 0.462. The van der Waals surface area contributed by atoms with E-state index in [4.69, 9.17) is 10.5 Å². The number of aromatic nitrogens is 6. The van der Waals surface area contributed by atoms with E-state index in [2.05, 4.69) is 24.9 Å². The molecule has 4 rings (SSSR count). The Bertz CT molecular complexity index is 1380. The van der Waals surface area contributed by atoms with Crippen molar-refractivity contribution in [2.75, 3.05) is 5.73 Å². The first-order chi connectivity index (χ1) is 14.4. The van der Waals surface area contributed by atoms with Crippen LogP contribution in [0.1, 0.15) is 21.5 Å². The van der Waals surface area contributed by atoms with Crippen LogP contribution in [0.2, 0.25) is 0 Å². The first kappa shape index (κ1) is 18.9. The summed E-state index contributed by atoms with van der Waals surface area (Å²) in [6.07, 6.45) is 2.89. The van der Waals surface area contributed by atoms with E-state index in [0.29, 0.717) is 23.9 Å². The molecule has 0 aliphatic carbocycles. The van der Waals surface area contributed by atoms with Gasteiger partial charge in [-0.1, -0.05) is 12.1 Å². The number of hydrogen-bond donors (Lipinski definition) is 5. The van der Waals surface area contributed by atoms with Crippen molar-refractivity contribution in [3.05, 3.63) is 78.5 Å². The molecular weight excluding hydrogens is 394 g/mol. The number of nitrogens with two attached hydrogens (primary N) is 1. The lowest BCUT2D eigenvalue weighted by Crippen LogP contribution is -2.26. The minimum atomic E-state index is -0.925. The molecule has 3 aromatic heterocycles. The summed E-state index contributed by atoms with van der Waals surface area (Å²) < 4.78 is 4.91. The van der Waals surface area contributed by atoms with Crippen molar-refractivity contribution in [1.82, 2.24) is 29.9 Å². The highest BCUT2D eigenvalue weighted by atomic mass is 16.5. The number of esters is 1. The minimum absolute atomic E-state index is 0.0442. The third kappa shape index (κ3) is 3.87. The lowest BCUT2D eigenvalue weighted by atomic mass is 10.0. The average molecular weight is 409 g/mol. The molecular formula is C18H15N7O5. The topological polar surface area (TPSA) is 192 Å². The van der Waals surface area contributed by atoms with Crippen LogP contribution in [0.3, 0.4) is 0 Å². The van der Waals surface area contributed by atoms with Gasteiger partial charge in [0.15, 0.2) is 0 Å². The summed E-state index contributed by atoms with van der Waals surface area (Å²) in [6.45, 7) is 0. The van der Waals surface area contributed by atoms with Gasteiger partial charge in [0.2, 0.25) is 5.95 Å². The SMILES string of the molecule is Nc1nc2[nH]cc(CCc3ccc(C(=O)Oc4nc(=O)[nH]c(=O)[nH]4)cc3)c2c(=O)[nH]1. The fraction of sp³-hybridized carbons (Fsp3) is 0.111. The zero-order valence-corrected chi connectivity index (χ0v) is 15.3. The molecule has 0 saturated heterocycles. The third-order valence-corrected chi connectivity index (χ3v) is 4.35. The first-order valence-corrected chi connectivity index (χ1v) is 8.76. The number of ether oxygens (including phenoxy) is 1. The zero-order valence-electron chi connectivity index (χ0n) is 15.3. The number of anilines is 1. The van der Waals surface area contributed by atoms with Crippen LogP contribution < -0.4 is 27.4 Å². The number of aromatic amines is 4. The summed E-state index contributed by atoms with van der Waals surface area (Å²) in [6, 6.07) is 6.08. The fourth-order valence-corrected chi connectivity index (χ4v) is 2.97. The van der Waals surface area contributed by atoms with Gasteiger partial charge in [-0.3, -0.25) is 19.7 Å². The number of aryl methyl sites for hydroxylation is 2. The zero-order chi connectivity index (χ0) is 21.3. The quantitative estimate of drug-likeness (QED) is 0.275. The third-order valence-electron chi connectivity index (χ3n) is 4.35. The summed E-state index contributed by atoms with van der Waals surface area (Å²) >= 11 is 0. The monoisotopic (exact) mass is 409 g/mol. The van der Waals surface area contributed by atoms with Gasteiger partial charge in [0.05, 0.1) is 10.9 Å². The molecule has 30 heavy (non-hydrogen) atoms. The van der Waals surface area contributed by atoms with Gasteiger partial charge in [0.25, 0.3) is 5.56 Å². The Hall–Kier alpha value is -4.48. The summed E-state index contributed by atoms with van der Waals surface area (Å²) in [5.41, 5.74) is 5.83. The van der Waals surface area contributed by atoms with Gasteiger partial charge >= 0.3 is 23.4 Å². The maximum absolute atomic E-state index is 12.1. The van der Waals surface area contributed by atoms with Crippen molar-refractivity contribution >= 4 is 23.0 Å². The molecule has 0 spiro atoms. The molecule has 0 aliphatic heterocycles. The minimum Gasteiger partial charge on any atom is -0.388 e. The van der Waals surface area contributed by atoms with Crippen molar-refractivity contribution in [2.45, 2.75) is 12.8 Å². The molecule has 0 atom stereocenters. The number of carbonyl (C=O) groups excluding carboxylic acids is 1. The molecule has 0 bridgehead atoms. The van der Waals surface area contributed by atoms with E-state index in [1.54, 1.807) is 30.5 Å². The number of H-pyrrole nitrogens is 4. The highest BCUT2D eigenvalue weighted by Gasteiger charge is 2.12. The average Bonchev–Trinajstić information content (AvgIpc) is 3.09. The summed E-state index contributed by atoms with van der Waals surface area (Å²) in [7, 11) is 0. The highest BCUT2D eigenvalue weighted by molar-refractivity contribution is 5.90. The standard InChI is InChI=1S/C18H15N7O5/c19-15-21-12-11(13(26)22-15)10(7-20-12)6-3-8-1-4-9(5-2-8)14(27)30-18-24-16(28)23-17(29)25-18/h1-2,4-5,7H,3,6H2,(H4,19,20,21,22,26)(H2,23,24,25,28,29). The lowest BCUT2D eigenvalue weighted by molar-refractivity contribution is 0.0718. The second-order valence-corrected chi connectivity index (χ2v) is 6.38. The number of fused-ring (bicyclic) bond motifs is 1. The summed E-state index contributed by atoms with van der Waals surface area (Å²) in [4.78, 5) is 63.4. The van der Waals surface area contributed by atoms with E-state index in [0.717, 1.165) is 11.1 Å². The van der Waals surface area contributed by atoms with Gasteiger partial charge in [-0.25, -0.2) is 14.4 Å². The molecule has 12 heteroatoms. The number of nitrogens with one attached hydrogen (secondary N) is 4. The number of benzene rings is 1. The van der Waals surface area contributed by atoms with E-state index >= 15 is 0 Å². The van der Waals surface area contributed by atoms with Gasteiger partial charge in [-0.05, 0) is 36.1 Å². The van der Waals surface area contributed by atoms with Crippen LogP contribution >= 0.6 is 0 Å². The fourth-order valence-electron chi connectivity index (χ4n) is 2.97. The van der Waals surface area contributed by atoms with Gasteiger partial charge in [0, 0.05) is 6.20 Å². The van der Waals surface area contributed by atoms with Crippen molar-refractivity contribution in [1.29, 1.82) is 0 Å². The smallest absolute Gasteiger partial charge is 0.353 e. The molecule has 4 aromatic rings. The van der Waals surface area contributed by atoms with Gasteiger partial charge in [-0.2, -0.15) is 4.98 Å². The van der Waals surface area contributed by atoms with Gasteiger partial charge in [-0.15, -0.1) is 4.98 Å². The van der Waals surface area contributed by atoms with Crippen LogP contribution in [-0.2, 0) is 12.8 Å². The molecule has 0 saturated carbocycles. The molecule has 0 unspecified atom stereocenters. The normalized spacial score (nSPS) is 10.9. The second-order valence-electron chi connectivity index (χ2n) is 6.38. The maximum Gasteiger partial charge on any atom is 0.353 e. The van der Waals surface area contributed by atoms with E-state index in [1.807, 2.05) is 4.98 Å². The molecule has 6 N–H and O–H groups in total. The maximum atomic E-state index is 12.1. The van der Waals surface area contributed by atoms with Crippen molar-refractivity contribution < 1.29 is 9.53 Å². The van der Waals surface area contributed by atoms with E-state index in [1.165, 1.54) is 0 Å². The largest absolute Gasteiger partial charge is 0.388 e. The Balaban J connectivity index is 1.45. The molecule has 0 radical (unpaired) electrons. The number of carbonyl (C=O) groups is 1. The number of nitrogens with zero attached hydrogens (tertiary/aromatic N) is 2. The summed E-state index contributed by atoms with van der Waals surface area (Å²) in [5.74, 6) is -0.732. The first-order valence-electron chi connectivity index (χ1n) is 8.76. The predicted molar refractivity (Wildman–Crippen MR) is 105 cm³/mol. The van der Waals surface area contributed by atoms with E-state index in [9.17, 15) is 19.2 Å². The number of rotatable bonds is 5. The van der Waals surface area contributed by atoms with Crippen molar-refractivity contribution in [3.63, 3.8) is 0 Å². The molecule has 152 valence electrons. The number of hydrogen-bond acceptors (Lipinski definition) is 8. The molecule has 0 fully saturated rings. The Morgan fingerprint density at radius 1 is 1.00 bits per heavy atom. The number of nitrogen functional groups attached to an aromatic ring is 1. The predicted octanol–water partition coefficient (Wildman–Crippen LogP) is -0.391. The van der Waals surface area contributed by atoms with Crippen LogP contribution in [0.15, 0.2) is 44.8 Å². The highest BCUT2D eigenvalue weighted by Crippen LogP contribution is 2.16. The molecule has 3 heterocycles. The Labute approximate surface area is 166 Å². The van der Waals surface area contributed by atoms with Crippen LogP contribution in [0, 0.1) is 0 Å². The Kier molecular flexibility index (Phi) is 4.72. The van der Waals surface area contributed by atoms with Crippen LogP contribution in [0.4, 0.5) is 5.95 Å². The molecule has 0 amide bonds. The Morgan fingerprint density at radius 3 is 2.50 bits per heavy atom. The van der Waals surface area contributed by atoms with Gasteiger partial charge < -0.3 is 15.5 Å². The van der Waals surface area contributed by atoms with Crippen LogP contribution in [0.5, 0.6) is 6.01 Å². The molecule has 12 nitrogen and oxygen atoms in total. The Morgan fingerprint density at radius 2 is 1.77 bits per heavy atom. The van der Waals surface area contributed by atoms with Crippen LogP contribution in [-0.4, -0.2) is 35.9 Å². The molecule has 0 aliphatic rings. The van der Waals surface area contributed by atoms with E-state index < -0.39 is 23.4 Å². The lowest BCUT2D eigenvalue weighted by Gasteiger charge is -2.04. The molecule has 1 aromatic carbocycles. The van der Waals surface area contributed by atoms with Gasteiger partial charge in [0.1, 0.15) is 5.65 Å².